The van der Waals surface area contributed by atoms with E-state index in [4.69, 9.17) is 14.6 Å². The van der Waals surface area contributed by atoms with E-state index in [0.29, 0.717) is 32.7 Å². The van der Waals surface area contributed by atoms with E-state index in [1.54, 1.807) is 24.1 Å². The SMILES string of the molecule is COc1ccc(C2=NN(C(=O)CN(CCN3CCOCC3)C(=O)NC(C)(C)C)[C@H](c3ccc(F)cc3)C2)cc1. The van der Waals surface area contributed by atoms with Gasteiger partial charge in [-0.25, -0.2) is 14.2 Å². The Morgan fingerprint density at radius 1 is 1.10 bits per heavy atom. The standard InChI is InChI=1S/C29H38FN5O4/c1-29(2,3)31-28(37)34(14-13-33-15-17-39-18-16-33)20-27(36)35-26(22-5-9-23(30)10-6-22)19-25(32-35)21-7-11-24(38-4)12-8-21/h5-12,26H,13-20H2,1-4H3,(H,31,37)/t26-/m0/s1. The minimum absolute atomic E-state index is 0.136. The van der Waals surface area contributed by atoms with E-state index in [2.05, 4.69) is 10.2 Å². The van der Waals surface area contributed by atoms with Gasteiger partial charge in [-0.2, -0.15) is 5.10 Å². The van der Waals surface area contributed by atoms with Crippen LogP contribution in [0.3, 0.4) is 0 Å². The third kappa shape index (κ3) is 7.77. The van der Waals surface area contributed by atoms with Crippen molar-refractivity contribution in [3.8, 4) is 5.75 Å². The number of halogens is 1. The van der Waals surface area contributed by atoms with Crippen LogP contribution in [0.4, 0.5) is 9.18 Å². The minimum Gasteiger partial charge on any atom is -0.497 e. The molecule has 2 aliphatic heterocycles. The Kier molecular flexibility index (Phi) is 9.19. The monoisotopic (exact) mass is 539 g/mol. The predicted molar refractivity (Wildman–Crippen MR) is 147 cm³/mol. The van der Waals surface area contributed by atoms with Crippen molar-refractivity contribution in [3.63, 3.8) is 0 Å². The molecular weight excluding hydrogens is 501 g/mol. The number of methoxy groups -OCH3 is 1. The van der Waals surface area contributed by atoms with Crippen LogP contribution in [0.15, 0.2) is 53.6 Å². The molecule has 1 N–H and O–H groups in total. The fourth-order valence-electron chi connectivity index (χ4n) is 4.62. The lowest BCUT2D eigenvalue weighted by Crippen LogP contribution is -2.53. The Bertz CT molecular complexity index is 1160. The maximum Gasteiger partial charge on any atom is 0.318 e. The van der Waals surface area contributed by atoms with Crippen LogP contribution in [0.5, 0.6) is 5.75 Å². The molecule has 2 aromatic carbocycles. The van der Waals surface area contributed by atoms with Crippen LogP contribution in [0, 0.1) is 5.82 Å². The lowest BCUT2D eigenvalue weighted by molar-refractivity contribution is -0.133. The molecule has 0 spiro atoms. The molecule has 0 bridgehead atoms. The molecule has 2 heterocycles. The molecule has 10 heteroatoms. The topological polar surface area (TPSA) is 86.7 Å². The van der Waals surface area contributed by atoms with Crippen LogP contribution in [-0.4, -0.2) is 91.0 Å². The molecule has 2 aliphatic rings. The number of nitrogens with zero attached hydrogens (tertiary/aromatic N) is 4. The molecule has 0 saturated carbocycles. The second-order valence-corrected chi connectivity index (χ2v) is 10.8. The van der Waals surface area contributed by atoms with E-state index in [-0.39, 0.29) is 24.3 Å². The quantitative estimate of drug-likeness (QED) is 0.554. The zero-order valence-electron chi connectivity index (χ0n) is 23.2. The van der Waals surface area contributed by atoms with E-state index in [1.165, 1.54) is 17.1 Å². The van der Waals surface area contributed by atoms with Gasteiger partial charge in [0, 0.05) is 38.1 Å². The first kappa shape index (κ1) is 28.5. The number of hydrazone groups is 1. The summed E-state index contributed by atoms with van der Waals surface area (Å²) in [4.78, 5) is 30.8. The minimum atomic E-state index is -0.457. The first-order valence-electron chi connectivity index (χ1n) is 13.3. The van der Waals surface area contributed by atoms with Gasteiger partial charge in [0.25, 0.3) is 5.91 Å². The Hall–Kier alpha value is -3.50. The Morgan fingerprint density at radius 2 is 1.77 bits per heavy atom. The molecule has 0 aromatic heterocycles. The molecule has 1 fully saturated rings. The zero-order valence-corrected chi connectivity index (χ0v) is 23.2. The molecule has 1 atom stereocenters. The maximum absolute atomic E-state index is 13.8. The first-order valence-corrected chi connectivity index (χ1v) is 13.3. The van der Waals surface area contributed by atoms with Crippen molar-refractivity contribution in [2.45, 2.75) is 38.8 Å². The average molecular weight is 540 g/mol. The summed E-state index contributed by atoms with van der Waals surface area (Å²) >= 11 is 0. The summed E-state index contributed by atoms with van der Waals surface area (Å²) in [6.45, 7) is 9.49. The highest BCUT2D eigenvalue weighted by atomic mass is 19.1. The summed E-state index contributed by atoms with van der Waals surface area (Å²) in [7, 11) is 1.60. The molecular formula is C29H38FN5O4. The van der Waals surface area contributed by atoms with Crippen LogP contribution in [-0.2, 0) is 9.53 Å². The highest BCUT2D eigenvalue weighted by molar-refractivity contribution is 6.03. The Labute approximate surface area is 229 Å². The van der Waals surface area contributed by atoms with Crippen molar-refractivity contribution in [2.24, 2.45) is 5.10 Å². The summed E-state index contributed by atoms with van der Waals surface area (Å²) in [5, 5.41) is 9.14. The summed E-state index contributed by atoms with van der Waals surface area (Å²) in [6, 6.07) is 12.9. The number of urea groups is 1. The number of carbonyl (C=O) groups excluding carboxylic acids is 2. The van der Waals surface area contributed by atoms with Crippen molar-refractivity contribution in [1.82, 2.24) is 20.1 Å². The fourth-order valence-corrected chi connectivity index (χ4v) is 4.62. The zero-order chi connectivity index (χ0) is 28.0. The molecule has 1 saturated heterocycles. The molecule has 3 amide bonds. The number of benzene rings is 2. The van der Waals surface area contributed by atoms with E-state index in [0.717, 1.165) is 35.7 Å². The third-order valence-corrected chi connectivity index (χ3v) is 6.73. The van der Waals surface area contributed by atoms with Crippen LogP contribution < -0.4 is 10.1 Å². The van der Waals surface area contributed by atoms with E-state index >= 15 is 0 Å². The van der Waals surface area contributed by atoms with Crippen LogP contribution >= 0.6 is 0 Å². The summed E-state index contributed by atoms with van der Waals surface area (Å²) < 4.78 is 24.4. The fraction of sp³-hybridized carbons (Fsp3) is 0.483. The molecule has 39 heavy (non-hydrogen) atoms. The van der Waals surface area contributed by atoms with Gasteiger partial charge in [0.2, 0.25) is 0 Å². The molecule has 0 aliphatic carbocycles. The second-order valence-electron chi connectivity index (χ2n) is 10.8. The van der Waals surface area contributed by atoms with Crippen LogP contribution in [0.2, 0.25) is 0 Å². The predicted octanol–water partition coefficient (Wildman–Crippen LogP) is 3.65. The van der Waals surface area contributed by atoms with Crippen LogP contribution in [0.25, 0.3) is 0 Å². The normalized spacial score (nSPS) is 18.0. The number of rotatable bonds is 8. The Morgan fingerprint density at radius 3 is 2.38 bits per heavy atom. The number of nitrogens with one attached hydrogen (secondary N) is 1. The molecule has 0 radical (unpaired) electrons. The third-order valence-electron chi connectivity index (χ3n) is 6.73. The molecule has 9 nitrogen and oxygen atoms in total. The van der Waals surface area contributed by atoms with Gasteiger partial charge in [-0.1, -0.05) is 12.1 Å². The average Bonchev–Trinajstić information content (AvgIpc) is 3.36. The van der Waals surface area contributed by atoms with Gasteiger partial charge in [0.1, 0.15) is 18.1 Å². The maximum atomic E-state index is 13.8. The number of ether oxygens (including phenoxy) is 2. The summed E-state index contributed by atoms with van der Waals surface area (Å²) in [6.07, 6.45) is 0.464. The molecule has 4 rings (SSSR count). The molecule has 2 aromatic rings. The van der Waals surface area contributed by atoms with Gasteiger partial charge in [0.05, 0.1) is 32.1 Å². The van der Waals surface area contributed by atoms with Crippen molar-refractivity contribution < 1.29 is 23.5 Å². The Balaban J connectivity index is 1.57. The number of hydrogen-bond donors (Lipinski definition) is 1. The molecule has 210 valence electrons. The summed E-state index contributed by atoms with van der Waals surface area (Å²) in [5.41, 5.74) is 1.92. The van der Waals surface area contributed by atoms with Crippen molar-refractivity contribution in [3.05, 3.63) is 65.5 Å². The highest BCUT2D eigenvalue weighted by Crippen LogP contribution is 2.33. The van der Waals surface area contributed by atoms with E-state index in [9.17, 15) is 14.0 Å². The lowest BCUT2D eigenvalue weighted by Gasteiger charge is -2.32. The first-order chi connectivity index (χ1) is 18.6. The van der Waals surface area contributed by atoms with Crippen molar-refractivity contribution >= 4 is 17.6 Å². The van der Waals surface area contributed by atoms with Crippen molar-refractivity contribution in [2.75, 3.05) is 53.0 Å². The smallest absolute Gasteiger partial charge is 0.318 e. The van der Waals surface area contributed by atoms with E-state index in [1.807, 2.05) is 45.0 Å². The molecule has 0 unspecified atom stereocenters. The van der Waals surface area contributed by atoms with Crippen molar-refractivity contribution in [1.29, 1.82) is 0 Å². The summed E-state index contributed by atoms with van der Waals surface area (Å²) in [5.74, 6) is 0.0686. The largest absolute Gasteiger partial charge is 0.497 e. The van der Waals surface area contributed by atoms with Gasteiger partial charge in [-0.15, -0.1) is 0 Å². The number of morpholine rings is 1. The van der Waals surface area contributed by atoms with E-state index < -0.39 is 11.6 Å². The van der Waals surface area contributed by atoms with Crippen LogP contribution in [0.1, 0.15) is 44.4 Å². The number of carbonyl (C=O) groups is 2. The van der Waals surface area contributed by atoms with Gasteiger partial charge in [0.15, 0.2) is 0 Å². The van der Waals surface area contributed by atoms with Gasteiger partial charge >= 0.3 is 6.03 Å². The number of amides is 3. The number of hydrogen-bond acceptors (Lipinski definition) is 6. The van der Waals surface area contributed by atoms with Gasteiger partial charge in [-0.3, -0.25) is 9.69 Å². The van der Waals surface area contributed by atoms with Gasteiger partial charge < -0.3 is 19.7 Å². The second kappa shape index (κ2) is 12.6. The lowest BCUT2D eigenvalue weighted by atomic mass is 9.98. The van der Waals surface area contributed by atoms with Gasteiger partial charge in [-0.05, 0) is 68.3 Å². The highest BCUT2D eigenvalue weighted by Gasteiger charge is 2.35.